The maximum Gasteiger partial charge on any atom is 0.255 e. The van der Waals surface area contributed by atoms with Crippen molar-refractivity contribution in [3.8, 4) is 0 Å². The summed E-state index contributed by atoms with van der Waals surface area (Å²) in [6, 6.07) is 20.1. The van der Waals surface area contributed by atoms with Crippen LogP contribution in [0.2, 0.25) is 0 Å². The van der Waals surface area contributed by atoms with Gasteiger partial charge in [0.2, 0.25) is 5.91 Å². The van der Waals surface area contributed by atoms with Crippen LogP contribution in [0.5, 0.6) is 0 Å². The predicted octanol–water partition coefficient (Wildman–Crippen LogP) is 3.99. The number of benzene rings is 3. The molecule has 2 amide bonds. The first kappa shape index (κ1) is 19.8. The van der Waals surface area contributed by atoms with E-state index in [1.165, 1.54) is 18.2 Å². The highest BCUT2D eigenvalue weighted by atomic mass is 19.1. The summed E-state index contributed by atoms with van der Waals surface area (Å²) < 4.78 is 13.1. The quantitative estimate of drug-likeness (QED) is 0.440. The molecule has 6 heteroatoms. The van der Waals surface area contributed by atoms with Crippen LogP contribution in [-0.2, 0) is 11.3 Å². The SMILES string of the molecule is Nc1cc(F)ccc1NC(=O)c1ccc(CNC(=O)/C=C/c2ccccc2)cc1. The Morgan fingerprint density at radius 1 is 0.966 bits per heavy atom. The first-order valence-corrected chi connectivity index (χ1v) is 8.97. The van der Waals surface area contributed by atoms with Crippen LogP contribution in [0.15, 0.2) is 78.9 Å². The van der Waals surface area contributed by atoms with E-state index in [9.17, 15) is 14.0 Å². The molecule has 0 spiro atoms. The summed E-state index contributed by atoms with van der Waals surface area (Å²) in [5.41, 5.74) is 8.42. The number of hydrogen-bond donors (Lipinski definition) is 3. The third-order valence-electron chi connectivity index (χ3n) is 4.17. The van der Waals surface area contributed by atoms with Gasteiger partial charge in [0.15, 0.2) is 0 Å². The van der Waals surface area contributed by atoms with E-state index in [-0.39, 0.29) is 17.5 Å². The Hall–Kier alpha value is -3.93. The average Bonchev–Trinajstić information content (AvgIpc) is 2.74. The number of nitrogens with one attached hydrogen (secondary N) is 2. The van der Waals surface area contributed by atoms with Gasteiger partial charge in [0.05, 0.1) is 11.4 Å². The van der Waals surface area contributed by atoms with Gasteiger partial charge in [-0.15, -0.1) is 0 Å². The van der Waals surface area contributed by atoms with Crippen LogP contribution in [0.1, 0.15) is 21.5 Å². The van der Waals surface area contributed by atoms with Gasteiger partial charge < -0.3 is 16.4 Å². The molecule has 0 aliphatic carbocycles. The normalized spacial score (nSPS) is 10.7. The fourth-order valence-corrected chi connectivity index (χ4v) is 2.60. The molecule has 146 valence electrons. The lowest BCUT2D eigenvalue weighted by Gasteiger charge is -2.09. The summed E-state index contributed by atoms with van der Waals surface area (Å²) in [6.07, 6.45) is 3.22. The molecule has 0 aliphatic rings. The number of rotatable bonds is 6. The van der Waals surface area contributed by atoms with Gasteiger partial charge >= 0.3 is 0 Å². The summed E-state index contributed by atoms with van der Waals surface area (Å²) in [7, 11) is 0. The van der Waals surface area contributed by atoms with Crippen LogP contribution in [-0.4, -0.2) is 11.8 Å². The van der Waals surface area contributed by atoms with Gasteiger partial charge in [0.25, 0.3) is 5.91 Å². The Balaban J connectivity index is 1.53. The Bertz CT molecular complexity index is 1030. The molecule has 4 N–H and O–H groups in total. The number of halogens is 1. The zero-order valence-electron chi connectivity index (χ0n) is 15.6. The van der Waals surface area contributed by atoms with Gasteiger partial charge in [-0.2, -0.15) is 0 Å². The highest BCUT2D eigenvalue weighted by molar-refractivity contribution is 6.05. The standard InChI is InChI=1S/C23H20FN3O2/c24-19-11-12-21(20(25)14-19)27-23(29)18-9-6-17(7-10-18)15-26-22(28)13-8-16-4-2-1-3-5-16/h1-14H,15,25H2,(H,26,28)(H,27,29)/b13-8+. The monoisotopic (exact) mass is 389 g/mol. The number of anilines is 2. The van der Waals surface area contributed by atoms with Crippen LogP contribution in [0.25, 0.3) is 6.08 Å². The third kappa shape index (κ3) is 5.77. The van der Waals surface area contributed by atoms with Crippen LogP contribution in [0.3, 0.4) is 0 Å². The number of carbonyl (C=O) groups excluding carboxylic acids is 2. The molecule has 0 atom stereocenters. The zero-order valence-corrected chi connectivity index (χ0v) is 15.6. The van der Waals surface area contributed by atoms with Gasteiger partial charge in [-0.25, -0.2) is 4.39 Å². The summed E-state index contributed by atoms with van der Waals surface area (Å²) >= 11 is 0. The molecule has 0 saturated heterocycles. The third-order valence-corrected chi connectivity index (χ3v) is 4.17. The van der Waals surface area contributed by atoms with E-state index in [0.717, 1.165) is 17.2 Å². The van der Waals surface area contributed by atoms with E-state index in [1.54, 1.807) is 30.3 Å². The van der Waals surface area contributed by atoms with Crippen molar-refractivity contribution in [3.63, 3.8) is 0 Å². The first-order chi connectivity index (χ1) is 14.0. The number of nitrogens with two attached hydrogens (primary N) is 1. The second-order valence-electron chi connectivity index (χ2n) is 6.34. The minimum absolute atomic E-state index is 0.154. The second-order valence-corrected chi connectivity index (χ2v) is 6.34. The molecule has 0 unspecified atom stereocenters. The van der Waals surface area contributed by atoms with Crippen molar-refractivity contribution in [1.82, 2.24) is 5.32 Å². The molecule has 0 fully saturated rings. The summed E-state index contributed by atoms with van der Waals surface area (Å²) in [4.78, 5) is 24.2. The molecule has 3 aromatic carbocycles. The largest absolute Gasteiger partial charge is 0.397 e. The molecule has 0 heterocycles. The van der Waals surface area contributed by atoms with Crippen molar-refractivity contribution in [2.45, 2.75) is 6.54 Å². The minimum atomic E-state index is -0.467. The van der Waals surface area contributed by atoms with E-state index in [4.69, 9.17) is 5.73 Å². The number of hydrogen-bond acceptors (Lipinski definition) is 3. The molecule has 29 heavy (non-hydrogen) atoms. The lowest BCUT2D eigenvalue weighted by Crippen LogP contribution is -2.20. The van der Waals surface area contributed by atoms with E-state index >= 15 is 0 Å². The maximum absolute atomic E-state index is 13.1. The highest BCUT2D eigenvalue weighted by Gasteiger charge is 2.09. The van der Waals surface area contributed by atoms with Crippen LogP contribution in [0, 0.1) is 5.82 Å². The van der Waals surface area contributed by atoms with Crippen molar-refractivity contribution in [2.24, 2.45) is 0 Å². The number of carbonyl (C=O) groups is 2. The topological polar surface area (TPSA) is 84.2 Å². The first-order valence-electron chi connectivity index (χ1n) is 8.97. The van der Waals surface area contributed by atoms with Gasteiger partial charge in [-0.1, -0.05) is 42.5 Å². The van der Waals surface area contributed by atoms with Crippen molar-refractivity contribution in [2.75, 3.05) is 11.1 Å². The summed E-state index contributed by atoms with van der Waals surface area (Å²) in [5, 5.41) is 5.44. The molecular weight excluding hydrogens is 369 g/mol. The Kier molecular flexibility index (Phi) is 6.37. The fourth-order valence-electron chi connectivity index (χ4n) is 2.60. The number of amides is 2. The summed E-state index contributed by atoms with van der Waals surface area (Å²) in [5.74, 6) is -1.03. The van der Waals surface area contributed by atoms with E-state index in [2.05, 4.69) is 10.6 Å². The average molecular weight is 389 g/mol. The maximum atomic E-state index is 13.1. The minimum Gasteiger partial charge on any atom is -0.397 e. The van der Waals surface area contributed by atoms with Crippen LogP contribution in [0.4, 0.5) is 15.8 Å². The van der Waals surface area contributed by atoms with Gasteiger partial charge in [0.1, 0.15) is 5.82 Å². The van der Waals surface area contributed by atoms with Gasteiger partial charge in [-0.3, -0.25) is 9.59 Å². The van der Waals surface area contributed by atoms with Gasteiger partial charge in [-0.05, 0) is 47.5 Å². The lowest BCUT2D eigenvalue weighted by atomic mass is 10.1. The van der Waals surface area contributed by atoms with Crippen molar-refractivity contribution < 1.29 is 14.0 Å². The molecule has 3 rings (SSSR count). The molecule has 5 nitrogen and oxygen atoms in total. The number of nitrogen functional groups attached to an aromatic ring is 1. The van der Waals surface area contributed by atoms with Gasteiger partial charge in [0, 0.05) is 18.2 Å². The Morgan fingerprint density at radius 3 is 2.38 bits per heavy atom. The molecule has 0 radical (unpaired) electrons. The molecule has 3 aromatic rings. The van der Waals surface area contributed by atoms with Crippen molar-refractivity contribution in [3.05, 3.63) is 101 Å². The van der Waals surface area contributed by atoms with Crippen LogP contribution >= 0.6 is 0 Å². The lowest BCUT2D eigenvalue weighted by molar-refractivity contribution is -0.116. The molecule has 0 bridgehead atoms. The van der Waals surface area contributed by atoms with E-state index < -0.39 is 5.82 Å². The predicted molar refractivity (Wildman–Crippen MR) is 113 cm³/mol. The molecule has 0 aliphatic heterocycles. The second kappa shape index (κ2) is 9.32. The summed E-state index contributed by atoms with van der Waals surface area (Å²) in [6.45, 7) is 0.338. The zero-order chi connectivity index (χ0) is 20.6. The van der Waals surface area contributed by atoms with Crippen molar-refractivity contribution >= 4 is 29.3 Å². The fraction of sp³-hybridized carbons (Fsp3) is 0.0435. The van der Waals surface area contributed by atoms with Crippen LogP contribution < -0.4 is 16.4 Å². The van der Waals surface area contributed by atoms with Crippen molar-refractivity contribution in [1.29, 1.82) is 0 Å². The molecule has 0 aromatic heterocycles. The highest BCUT2D eigenvalue weighted by Crippen LogP contribution is 2.20. The van der Waals surface area contributed by atoms with E-state index in [1.807, 2.05) is 30.3 Å². The molecular formula is C23H20FN3O2. The molecule has 0 saturated carbocycles. The Morgan fingerprint density at radius 2 is 1.69 bits per heavy atom. The smallest absolute Gasteiger partial charge is 0.255 e. The van der Waals surface area contributed by atoms with E-state index in [0.29, 0.717) is 17.8 Å². The Labute approximate surface area is 168 Å².